The monoisotopic (exact) mass is 328 g/mol. The number of ether oxygens (including phenoxy) is 1. The van der Waals surface area contributed by atoms with Crippen molar-refractivity contribution in [1.29, 1.82) is 0 Å². The van der Waals surface area contributed by atoms with Crippen LogP contribution in [-0.4, -0.2) is 16.0 Å². The molecule has 25 heavy (non-hydrogen) atoms. The molecular formula is C21H12O4. The molecule has 1 aliphatic carbocycles. The van der Waals surface area contributed by atoms with Gasteiger partial charge in [0, 0.05) is 5.57 Å². The van der Waals surface area contributed by atoms with E-state index in [1.54, 1.807) is 24.3 Å². The standard InChI is InChI=1S/C21H12O4/c22-11-8-9-13-12-4-1-2-5-14(12)18(15(13)10-11)21-20(24)19-16(23)6-3-7-17(19)25-21/h1-10,22-23H/b21-18+. The van der Waals surface area contributed by atoms with Crippen molar-refractivity contribution in [1.82, 2.24) is 0 Å². The predicted molar refractivity (Wildman–Crippen MR) is 92.6 cm³/mol. The second-order valence-corrected chi connectivity index (χ2v) is 6.06. The first-order valence-corrected chi connectivity index (χ1v) is 7.87. The second-order valence-electron chi connectivity index (χ2n) is 6.06. The number of carbonyl (C=O) groups is 1. The predicted octanol–water partition coefficient (Wildman–Crippen LogP) is 4.11. The van der Waals surface area contributed by atoms with Gasteiger partial charge >= 0.3 is 0 Å². The number of hydrogen-bond acceptors (Lipinski definition) is 4. The Morgan fingerprint density at radius 3 is 2.32 bits per heavy atom. The SMILES string of the molecule is O=C1/C(=C2/c3ccccc3-c3ccc(O)cc32)Oc2cccc(O)c21. The fourth-order valence-corrected chi connectivity index (χ4v) is 3.57. The van der Waals surface area contributed by atoms with Crippen LogP contribution in [0.3, 0.4) is 0 Å². The summed E-state index contributed by atoms with van der Waals surface area (Å²) < 4.78 is 5.83. The highest BCUT2D eigenvalue weighted by atomic mass is 16.5. The summed E-state index contributed by atoms with van der Waals surface area (Å²) in [6, 6.07) is 17.6. The van der Waals surface area contributed by atoms with Crippen molar-refractivity contribution in [3.63, 3.8) is 0 Å². The number of phenols is 2. The number of Topliss-reactive ketones (excluding diaryl/α,β-unsaturated/α-hetero) is 1. The number of aromatic hydroxyl groups is 2. The minimum atomic E-state index is -0.353. The topological polar surface area (TPSA) is 66.8 Å². The molecule has 5 rings (SSSR count). The molecule has 1 aliphatic heterocycles. The van der Waals surface area contributed by atoms with Gasteiger partial charge in [0.2, 0.25) is 5.78 Å². The molecule has 0 unspecified atom stereocenters. The Labute approximate surface area is 143 Å². The summed E-state index contributed by atoms with van der Waals surface area (Å²) >= 11 is 0. The lowest BCUT2D eigenvalue weighted by Gasteiger charge is -2.07. The molecule has 3 aromatic carbocycles. The normalized spacial score (nSPS) is 17.0. The molecule has 4 heteroatoms. The molecule has 2 aliphatic rings. The Bertz CT molecular complexity index is 1110. The zero-order chi connectivity index (χ0) is 17.1. The molecule has 120 valence electrons. The Morgan fingerprint density at radius 2 is 1.52 bits per heavy atom. The Kier molecular flexibility index (Phi) is 2.63. The Hall–Kier alpha value is -3.53. The molecule has 1 heterocycles. The first-order valence-electron chi connectivity index (χ1n) is 7.87. The van der Waals surface area contributed by atoms with E-state index in [-0.39, 0.29) is 28.6 Å². The lowest BCUT2D eigenvalue weighted by atomic mass is 9.99. The number of benzene rings is 3. The minimum absolute atomic E-state index is 0.0967. The molecule has 0 atom stereocenters. The highest BCUT2D eigenvalue weighted by molar-refractivity contribution is 6.21. The summed E-state index contributed by atoms with van der Waals surface area (Å²) in [4.78, 5) is 12.9. The smallest absolute Gasteiger partial charge is 0.236 e. The van der Waals surface area contributed by atoms with E-state index in [0.29, 0.717) is 11.3 Å². The van der Waals surface area contributed by atoms with Crippen LogP contribution in [0.15, 0.2) is 66.4 Å². The van der Waals surface area contributed by atoms with Gasteiger partial charge in [-0.05, 0) is 46.5 Å². The van der Waals surface area contributed by atoms with E-state index in [1.165, 1.54) is 6.07 Å². The lowest BCUT2D eigenvalue weighted by Crippen LogP contribution is -2.03. The number of hydrogen-bond donors (Lipinski definition) is 2. The summed E-state index contributed by atoms with van der Waals surface area (Å²) in [5.41, 5.74) is 4.36. The van der Waals surface area contributed by atoms with Crippen LogP contribution in [0.4, 0.5) is 0 Å². The van der Waals surface area contributed by atoms with Crippen molar-refractivity contribution in [2.24, 2.45) is 0 Å². The molecule has 0 spiro atoms. The van der Waals surface area contributed by atoms with Gasteiger partial charge < -0.3 is 14.9 Å². The molecular weight excluding hydrogens is 316 g/mol. The van der Waals surface area contributed by atoms with Gasteiger partial charge in [0.1, 0.15) is 22.8 Å². The van der Waals surface area contributed by atoms with E-state index >= 15 is 0 Å². The molecule has 0 fully saturated rings. The molecule has 0 bridgehead atoms. The molecule has 2 N–H and O–H groups in total. The van der Waals surface area contributed by atoms with Crippen LogP contribution in [-0.2, 0) is 0 Å². The van der Waals surface area contributed by atoms with E-state index < -0.39 is 0 Å². The van der Waals surface area contributed by atoms with Crippen LogP contribution in [0.25, 0.3) is 16.7 Å². The quantitative estimate of drug-likeness (QED) is 0.477. The lowest BCUT2D eigenvalue weighted by molar-refractivity contribution is 0.101. The van der Waals surface area contributed by atoms with E-state index in [9.17, 15) is 15.0 Å². The summed E-state index contributed by atoms with van der Waals surface area (Å²) in [7, 11) is 0. The molecule has 0 saturated heterocycles. The fourth-order valence-electron chi connectivity index (χ4n) is 3.57. The van der Waals surface area contributed by atoms with Gasteiger partial charge in [-0.3, -0.25) is 4.79 Å². The maximum absolute atomic E-state index is 12.9. The summed E-state index contributed by atoms with van der Waals surface area (Å²) in [5.74, 6) is 0.192. The van der Waals surface area contributed by atoms with Crippen LogP contribution in [0.2, 0.25) is 0 Å². The first-order chi connectivity index (χ1) is 12.1. The van der Waals surface area contributed by atoms with Crippen molar-refractivity contribution < 1.29 is 19.7 Å². The van der Waals surface area contributed by atoms with Gasteiger partial charge in [0.05, 0.1) is 0 Å². The van der Waals surface area contributed by atoms with Crippen molar-refractivity contribution in [3.05, 3.63) is 83.1 Å². The molecule has 0 amide bonds. The van der Waals surface area contributed by atoms with Crippen LogP contribution in [0.5, 0.6) is 17.2 Å². The maximum Gasteiger partial charge on any atom is 0.236 e. The van der Waals surface area contributed by atoms with Crippen LogP contribution in [0.1, 0.15) is 21.5 Å². The number of carbonyl (C=O) groups excluding carboxylic acids is 1. The molecule has 0 aromatic heterocycles. The molecule has 0 saturated carbocycles. The number of fused-ring (bicyclic) bond motifs is 4. The summed E-state index contributed by atoms with van der Waals surface area (Å²) in [6.45, 7) is 0. The van der Waals surface area contributed by atoms with Crippen LogP contribution in [0, 0.1) is 0 Å². The number of ketones is 1. The average molecular weight is 328 g/mol. The third kappa shape index (κ3) is 1.79. The Balaban J connectivity index is 1.84. The van der Waals surface area contributed by atoms with Gasteiger partial charge in [-0.1, -0.05) is 36.4 Å². The fraction of sp³-hybridized carbons (Fsp3) is 0. The van der Waals surface area contributed by atoms with Gasteiger partial charge in [-0.15, -0.1) is 0 Å². The Morgan fingerprint density at radius 1 is 0.760 bits per heavy atom. The minimum Gasteiger partial charge on any atom is -0.508 e. The van der Waals surface area contributed by atoms with Gasteiger partial charge in [0.15, 0.2) is 5.76 Å². The van der Waals surface area contributed by atoms with E-state index in [4.69, 9.17) is 4.74 Å². The summed E-state index contributed by atoms with van der Waals surface area (Å²) in [5, 5.41) is 20.0. The maximum atomic E-state index is 12.9. The first kappa shape index (κ1) is 13.9. The van der Waals surface area contributed by atoms with Gasteiger partial charge in [-0.25, -0.2) is 0 Å². The van der Waals surface area contributed by atoms with Crippen molar-refractivity contribution in [2.75, 3.05) is 0 Å². The molecule has 3 aromatic rings. The van der Waals surface area contributed by atoms with Crippen LogP contribution < -0.4 is 4.74 Å². The third-order valence-electron chi connectivity index (χ3n) is 4.64. The number of allylic oxidation sites excluding steroid dienone is 1. The molecule has 4 nitrogen and oxygen atoms in total. The summed E-state index contributed by atoms with van der Waals surface area (Å²) in [6.07, 6.45) is 0. The second kappa shape index (κ2) is 4.74. The van der Waals surface area contributed by atoms with Crippen molar-refractivity contribution in [3.8, 4) is 28.4 Å². The van der Waals surface area contributed by atoms with Crippen molar-refractivity contribution in [2.45, 2.75) is 0 Å². The zero-order valence-corrected chi connectivity index (χ0v) is 13.0. The van der Waals surface area contributed by atoms with E-state index in [2.05, 4.69) is 0 Å². The van der Waals surface area contributed by atoms with Crippen molar-refractivity contribution >= 4 is 11.4 Å². The zero-order valence-electron chi connectivity index (χ0n) is 13.0. The van der Waals surface area contributed by atoms with Crippen LogP contribution >= 0.6 is 0 Å². The number of rotatable bonds is 0. The van der Waals surface area contributed by atoms with E-state index in [1.807, 2.05) is 30.3 Å². The van der Waals surface area contributed by atoms with Gasteiger partial charge in [-0.2, -0.15) is 0 Å². The third-order valence-corrected chi connectivity index (χ3v) is 4.64. The van der Waals surface area contributed by atoms with Gasteiger partial charge in [0.25, 0.3) is 0 Å². The highest BCUT2D eigenvalue weighted by Gasteiger charge is 2.37. The number of phenolic OH excluding ortho intramolecular Hbond substituents is 2. The largest absolute Gasteiger partial charge is 0.508 e. The molecule has 0 radical (unpaired) electrons. The average Bonchev–Trinajstić information content (AvgIpc) is 3.10. The highest BCUT2D eigenvalue weighted by Crippen LogP contribution is 2.49. The van der Waals surface area contributed by atoms with E-state index in [0.717, 1.165) is 22.3 Å².